The summed E-state index contributed by atoms with van der Waals surface area (Å²) < 4.78 is 26.5. The average molecular weight is 295 g/mol. The van der Waals surface area contributed by atoms with Crippen LogP contribution in [0, 0.1) is 0 Å². The summed E-state index contributed by atoms with van der Waals surface area (Å²) in [4.78, 5) is 17.4. The topological polar surface area (TPSA) is 112 Å². The number of sulfonamides is 1. The highest BCUT2D eigenvalue weighted by Crippen LogP contribution is 2.18. The normalized spacial score (nSPS) is 11.2. The van der Waals surface area contributed by atoms with Crippen molar-refractivity contribution in [2.45, 2.75) is 18.2 Å². The Bertz CT molecular complexity index is 723. The van der Waals surface area contributed by atoms with Crippen molar-refractivity contribution in [1.29, 1.82) is 0 Å². The molecule has 2 rings (SSSR count). The van der Waals surface area contributed by atoms with Crippen LogP contribution in [0.1, 0.15) is 22.8 Å². The molecule has 0 aliphatic rings. The number of nitrogens with one attached hydrogen (secondary N) is 2. The maximum absolute atomic E-state index is 12.1. The lowest BCUT2D eigenvalue weighted by molar-refractivity contribution is 0.0695. The molecule has 1 aromatic carbocycles. The molecule has 7 nitrogen and oxygen atoms in total. The summed E-state index contributed by atoms with van der Waals surface area (Å²) in [6.07, 6.45) is 3.38. The first kappa shape index (κ1) is 14.1. The van der Waals surface area contributed by atoms with Crippen LogP contribution < -0.4 is 4.72 Å². The minimum absolute atomic E-state index is 0.0187. The number of benzene rings is 1. The molecule has 20 heavy (non-hydrogen) atoms. The van der Waals surface area contributed by atoms with Crippen LogP contribution in [0.5, 0.6) is 0 Å². The second kappa shape index (κ2) is 5.33. The van der Waals surface area contributed by atoms with Crippen LogP contribution >= 0.6 is 0 Å². The van der Waals surface area contributed by atoms with E-state index in [1.807, 2.05) is 0 Å². The number of carboxylic acids is 1. The fourth-order valence-corrected chi connectivity index (χ4v) is 2.74. The third-order valence-corrected chi connectivity index (χ3v) is 4.07. The molecule has 0 amide bonds. The van der Waals surface area contributed by atoms with E-state index in [4.69, 9.17) is 5.11 Å². The minimum atomic E-state index is -3.87. The van der Waals surface area contributed by atoms with Gasteiger partial charge in [-0.3, -0.25) is 0 Å². The van der Waals surface area contributed by atoms with Gasteiger partial charge >= 0.3 is 5.97 Å². The van der Waals surface area contributed by atoms with E-state index >= 15 is 0 Å². The lowest BCUT2D eigenvalue weighted by atomic mass is 10.1. The molecule has 1 aromatic heterocycles. The van der Waals surface area contributed by atoms with Crippen LogP contribution in [0.25, 0.3) is 0 Å². The maximum Gasteiger partial charge on any atom is 0.336 e. The second-order valence-corrected chi connectivity index (χ2v) is 5.70. The molecule has 3 N–H and O–H groups in total. The van der Waals surface area contributed by atoms with Gasteiger partial charge in [0.25, 0.3) is 10.0 Å². The molecular weight excluding hydrogens is 282 g/mol. The number of aromatic amines is 1. The highest BCUT2D eigenvalue weighted by Gasteiger charge is 2.19. The number of hydrogen-bond donors (Lipinski definition) is 3. The van der Waals surface area contributed by atoms with E-state index in [-0.39, 0.29) is 16.4 Å². The molecule has 1 heterocycles. The molecule has 0 aliphatic heterocycles. The van der Waals surface area contributed by atoms with Crippen molar-refractivity contribution in [2.24, 2.45) is 0 Å². The van der Waals surface area contributed by atoms with Gasteiger partial charge in [0.2, 0.25) is 5.95 Å². The number of aryl methyl sites for hydroxylation is 1. The zero-order valence-corrected chi connectivity index (χ0v) is 11.4. The summed E-state index contributed by atoms with van der Waals surface area (Å²) >= 11 is 0. The Labute approximate surface area is 115 Å². The number of rotatable bonds is 5. The number of imidazole rings is 1. The third kappa shape index (κ3) is 2.80. The van der Waals surface area contributed by atoms with Crippen molar-refractivity contribution in [3.63, 3.8) is 0 Å². The number of aromatic carboxylic acids is 1. The van der Waals surface area contributed by atoms with Gasteiger partial charge < -0.3 is 10.1 Å². The molecule has 8 heteroatoms. The predicted molar refractivity (Wildman–Crippen MR) is 72.2 cm³/mol. The number of aromatic nitrogens is 2. The van der Waals surface area contributed by atoms with Crippen molar-refractivity contribution in [2.75, 3.05) is 4.72 Å². The van der Waals surface area contributed by atoms with Gasteiger partial charge in [-0.15, -0.1) is 0 Å². The Hall–Kier alpha value is -2.35. The molecule has 0 fully saturated rings. The summed E-state index contributed by atoms with van der Waals surface area (Å²) in [5.74, 6) is -1.08. The Kier molecular flexibility index (Phi) is 3.75. The molecule has 106 valence electrons. The van der Waals surface area contributed by atoms with Crippen molar-refractivity contribution < 1.29 is 18.3 Å². The molecular formula is C12H13N3O4S. The summed E-state index contributed by atoms with van der Waals surface area (Å²) in [7, 11) is -3.87. The van der Waals surface area contributed by atoms with E-state index in [0.717, 1.165) is 6.07 Å². The number of carbonyl (C=O) groups is 1. The Morgan fingerprint density at radius 1 is 1.45 bits per heavy atom. The van der Waals surface area contributed by atoms with E-state index < -0.39 is 16.0 Å². The van der Waals surface area contributed by atoms with E-state index in [1.54, 1.807) is 6.92 Å². The Morgan fingerprint density at radius 3 is 2.75 bits per heavy atom. The van der Waals surface area contributed by atoms with Crippen molar-refractivity contribution in [3.8, 4) is 0 Å². The van der Waals surface area contributed by atoms with E-state index in [0.29, 0.717) is 12.0 Å². The van der Waals surface area contributed by atoms with E-state index in [2.05, 4.69) is 14.7 Å². The smallest absolute Gasteiger partial charge is 0.336 e. The summed E-state index contributed by atoms with van der Waals surface area (Å²) in [5.41, 5.74) is 0.560. The molecule has 0 aliphatic carbocycles. The number of H-pyrrole nitrogens is 1. The van der Waals surface area contributed by atoms with Crippen molar-refractivity contribution in [1.82, 2.24) is 9.97 Å². The van der Waals surface area contributed by atoms with Crippen LogP contribution in [-0.4, -0.2) is 29.5 Å². The lowest BCUT2D eigenvalue weighted by Crippen LogP contribution is -2.15. The maximum atomic E-state index is 12.1. The van der Waals surface area contributed by atoms with Crippen molar-refractivity contribution in [3.05, 3.63) is 41.7 Å². The first-order chi connectivity index (χ1) is 9.44. The van der Waals surface area contributed by atoms with Gasteiger partial charge in [-0.1, -0.05) is 13.0 Å². The van der Waals surface area contributed by atoms with E-state index in [1.165, 1.54) is 24.5 Å². The van der Waals surface area contributed by atoms with Gasteiger partial charge in [0.05, 0.1) is 10.5 Å². The monoisotopic (exact) mass is 295 g/mol. The lowest BCUT2D eigenvalue weighted by Gasteiger charge is -2.08. The highest BCUT2D eigenvalue weighted by atomic mass is 32.2. The van der Waals surface area contributed by atoms with Gasteiger partial charge in [0, 0.05) is 12.4 Å². The molecule has 0 saturated carbocycles. The molecule has 2 aromatic rings. The van der Waals surface area contributed by atoms with Gasteiger partial charge in [-0.25, -0.2) is 22.9 Å². The van der Waals surface area contributed by atoms with Crippen LogP contribution in [0.15, 0.2) is 35.5 Å². The Morgan fingerprint density at radius 2 is 2.20 bits per heavy atom. The van der Waals surface area contributed by atoms with Crippen LogP contribution in [0.4, 0.5) is 5.95 Å². The Balaban J connectivity index is 2.42. The summed E-state index contributed by atoms with van der Waals surface area (Å²) in [6.45, 7) is 1.80. The van der Waals surface area contributed by atoms with Crippen molar-refractivity contribution >= 4 is 21.9 Å². The molecule has 0 atom stereocenters. The molecule has 0 radical (unpaired) electrons. The minimum Gasteiger partial charge on any atom is -0.478 e. The highest BCUT2D eigenvalue weighted by molar-refractivity contribution is 7.92. The number of carboxylic acid groups (broad SMARTS) is 1. The second-order valence-electron chi connectivity index (χ2n) is 4.02. The van der Waals surface area contributed by atoms with Crippen LogP contribution in [0.3, 0.4) is 0 Å². The van der Waals surface area contributed by atoms with Gasteiger partial charge in [0.1, 0.15) is 0 Å². The predicted octanol–water partition coefficient (Wildman–Crippen LogP) is 1.47. The standard InChI is InChI=1S/C12H13N3O4S/c1-2-8-3-4-9(7-10(8)11(16)17)20(18,19)15-12-13-5-6-14-12/h3-7H,2H2,1H3,(H,16,17)(H2,13,14,15). The average Bonchev–Trinajstić information content (AvgIpc) is 2.89. The summed E-state index contributed by atoms with van der Waals surface area (Å²) in [5, 5.41) is 9.11. The first-order valence-corrected chi connectivity index (χ1v) is 7.30. The van der Waals surface area contributed by atoms with Crippen LogP contribution in [0.2, 0.25) is 0 Å². The fourth-order valence-electron chi connectivity index (χ4n) is 1.74. The van der Waals surface area contributed by atoms with Gasteiger partial charge in [-0.05, 0) is 24.1 Å². The largest absolute Gasteiger partial charge is 0.478 e. The number of anilines is 1. The summed E-state index contributed by atoms with van der Waals surface area (Å²) in [6, 6.07) is 4.02. The van der Waals surface area contributed by atoms with Gasteiger partial charge in [0.15, 0.2) is 0 Å². The van der Waals surface area contributed by atoms with Crippen LogP contribution in [-0.2, 0) is 16.4 Å². The third-order valence-electron chi connectivity index (χ3n) is 2.73. The quantitative estimate of drug-likeness (QED) is 0.773. The zero-order valence-electron chi connectivity index (χ0n) is 10.6. The molecule has 0 unspecified atom stereocenters. The van der Waals surface area contributed by atoms with E-state index in [9.17, 15) is 13.2 Å². The zero-order chi connectivity index (χ0) is 14.8. The SMILES string of the molecule is CCc1ccc(S(=O)(=O)Nc2ncc[nH]2)cc1C(=O)O. The fraction of sp³-hybridized carbons (Fsp3) is 0.167. The van der Waals surface area contributed by atoms with Gasteiger partial charge in [-0.2, -0.15) is 0 Å². The molecule has 0 spiro atoms. The number of nitrogens with zero attached hydrogens (tertiary/aromatic N) is 1. The first-order valence-electron chi connectivity index (χ1n) is 5.82. The number of hydrogen-bond acceptors (Lipinski definition) is 4. The molecule has 0 bridgehead atoms. The molecule has 0 saturated heterocycles.